The molecule has 0 aromatic heterocycles. The molecule has 1 amide bonds. The Bertz CT molecular complexity index is 654. The number of hydrogen-bond acceptors (Lipinski definition) is 4. The highest BCUT2D eigenvalue weighted by Gasteiger charge is 2.05. The van der Waals surface area contributed by atoms with Gasteiger partial charge in [-0.25, -0.2) is 5.84 Å². The van der Waals surface area contributed by atoms with Crippen LogP contribution in [0.25, 0.3) is 6.08 Å². The fourth-order valence-corrected chi connectivity index (χ4v) is 1.86. The van der Waals surface area contributed by atoms with E-state index in [2.05, 4.69) is 0 Å². The number of amides is 1. The number of ether oxygens (including phenoxy) is 2. The van der Waals surface area contributed by atoms with E-state index in [1.807, 2.05) is 47.9 Å². The van der Waals surface area contributed by atoms with E-state index < -0.39 is 0 Å². The number of rotatable bonds is 6. The molecule has 5 heteroatoms. The van der Waals surface area contributed by atoms with Crippen LogP contribution in [0.4, 0.5) is 0 Å². The molecule has 114 valence electrons. The van der Waals surface area contributed by atoms with Crippen LogP contribution in [0.3, 0.4) is 0 Å². The maximum absolute atomic E-state index is 11.1. The molecule has 22 heavy (non-hydrogen) atoms. The lowest BCUT2D eigenvalue weighted by Gasteiger charge is -2.11. The van der Waals surface area contributed by atoms with Gasteiger partial charge in [-0.2, -0.15) is 0 Å². The molecule has 0 atom stereocenters. The number of carbonyl (C=O) groups is 1. The zero-order valence-electron chi connectivity index (χ0n) is 12.3. The number of carbonyl (C=O) groups excluding carboxylic acids is 1. The summed E-state index contributed by atoms with van der Waals surface area (Å²) in [6.45, 7) is 0.460. The Kier molecular flexibility index (Phi) is 5.57. The molecule has 0 aliphatic carbocycles. The number of hydrogen-bond donors (Lipinski definition) is 2. The largest absolute Gasteiger partial charge is 0.493 e. The number of nitrogens with one attached hydrogen (secondary N) is 1. The fraction of sp³-hybridized carbons (Fsp3) is 0.118. The van der Waals surface area contributed by atoms with Crippen LogP contribution in [0.2, 0.25) is 0 Å². The number of benzene rings is 2. The third-order valence-electron chi connectivity index (χ3n) is 2.99. The fourth-order valence-electron chi connectivity index (χ4n) is 1.86. The molecule has 0 spiro atoms. The Morgan fingerprint density at radius 3 is 2.64 bits per heavy atom. The average Bonchev–Trinajstić information content (AvgIpc) is 2.58. The van der Waals surface area contributed by atoms with Crippen molar-refractivity contribution in [3.05, 3.63) is 65.7 Å². The Morgan fingerprint density at radius 1 is 1.18 bits per heavy atom. The molecule has 0 aliphatic heterocycles. The van der Waals surface area contributed by atoms with Gasteiger partial charge in [0.15, 0.2) is 11.5 Å². The summed E-state index contributed by atoms with van der Waals surface area (Å²) in [5, 5.41) is 0. The van der Waals surface area contributed by atoms with Gasteiger partial charge < -0.3 is 9.47 Å². The second-order valence-electron chi connectivity index (χ2n) is 4.53. The molecule has 0 unspecified atom stereocenters. The van der Waals surface area contributed by atoms with Crippen molar-refractivity contribution in [2.24, 2.45) is 5.84 Å². The van der Waals surface area contributed by atoms with Crippen molar-refractivity contribution in [2.75, 3.05) is 7.11 Å². The summed E-state index contributed by atoms with van der Waals surface area (Å²) in [6.07, 6.45) is 2.99. The Balaban J connectivity index is 2.09. The van der Waals surface area contributed by atoms with Crippen LogP contribution in [-0.4, -0.2) is 13.0 Å². The van der Waals surface area contributed by atoms with Crippen LogP contribution in [0.1, 0.15) is 11.1 Å². The molecule has 0 radical (unpaired) electrons. The lowest BCUT2D eigenvalue weighted by atomic mass is 10.2. The van der Waals surface area contributed by atoms with Gasteiger partial charge in [0.2, 0.25) is 0 Å². The van der Waals surface area contributed by atoms with Crippen LogP contribution >= 0.6 is 0 Å². The minimum absolute atomic E-state index is 0.372. The monoisotopic (exact) mass is 298 g/mol. The number of nitrogens with two attached hydrogens (primary N) is 1. The Labute approximate surface area is 129 Å². The molecule has 2 rings (SSSR count). The minimum atomic E-state index is -0.372. The predicted molar refractivity (Wildman–Crippen MR) is 85.1 cm³/mol. The van der Waals surface area contributed by atoms with Crippen LogP contribution in [-0.2, 0) is 11.4 Å². The van der Waals surface area contributed by atoms with Crippen molar-refractivity contribution >= 4 is 12.0 Å². The highest BCUT2D eigenvalue weighted by atomic mass is 16.5. The van der Waals surface area contributed by atoms with Gasteiger partial charge in [0, 0.05) is 6.08 Å². The lowest BCUT2D eigenvalue weighted by Crippen LogP contribution is -2.27. The molecule has 0 aliphatic rings. The number of hydrazine groups is 1. The lowest BCUT2D eigenvalue weighted by molar-refractivity contribution is -0.116. The summed E-state index contributed by atoms with van der Waals surface area (Å²) in [7, 11) is 1.57. The van der Waals surface area contributed by atoms with Crippen LogP contribution in [0.15, 0.2) is 54.6 Å². The van der Waals surface area contributed by atoms with Gasteiger partial charge in [0.1, 0.15) is 6.61 Å². The first-order valence-corrected chi connectivity index (χ1v) is 6.76. The molecule has 0 saturated carbocycles. The van der Waals surface area contributed by atoms with Gasteiger partial charge in [-0.3, -0.25) is 10.2 Å². The average molecular weight is 298 g/mol. The minimum Gasteiger partial charge on any atom is -0.493 e. The van der Waals surface area contributed by atoms with Crippen LogP contribution in [0.5, 0.6) is 11.5 Å². The summed E-state index contributed by atoms with van der Waals surface area (Å²) in [6, 6.07) is 15.3. The summed E-state index contributed by atoms with van der Waals surface area (Å²) < 4.78 is 11.1. The third kappa shape index (κ3) is 4.36. The van der Waals surface area contributed by atoms with Crippen molar-refractivity contribution in [1.29, 1.82) is 0 Å². The quantitative estimate of drug-likeness (QED) is 0.371. The molecule has 0 saturated heterocycles. The van der Waals surface area contributed by atoms with E-state index in [1.165, 1.54) is 6.08 Å². The Morgan fingerprint density at radius 2 is 1.95 bits per heavy atom. The molecule has 0 heterocycles. The maximum atomic E-state index is 11.1. The summed E-state index contributed by atoms with van der Waals surface area (Å²) >= 11 is 0. The SMILES string of the molecule is COc1cc(/C=C/C(=O)NN)ccc1OCc1ccccc1. The van der Waals surface area contributed by atoms with Gasteiger partial charge in [-0.15, -0.1) is 0 Å². The molecular formula is C17H18N2O3. The normalized spacial score (nSPS) is 10.5. The predicted octanol–water partition coefficient (Wildman–Crippen LogP) is 2.28. The van der Waals surface area contributed by atoms with E-state index in [9.17, 15) is 4.79 Å². The van der Waals surface area contributed by atoms with Gasteiger partial charge in [-0.1, -0.05) is 36.4 Å². The van der Waals surface area contributed by atoms with Gasteiger partial charge >= 0.3 is 0 Å². The zero-order valence-corrected chi connectivity index (χ0v) is 12.3. The topological polar surface area (TPSA) is 73.6 Å². The van der Waals surface area contributed by atoms with Gasteiger partial charge in [-0.05, 0) is 29.3 Å². The number of methoxy groups -OCH3 is 1. The van der Waals surface area contributed by atoms with E-state index in [0.29, 0.717) is 18.1 Å². The van der Waals surface area contributed by atoms with E-state index >= 15 is 0 Å². The highest BCUT2D eigenvalue weighted by Crippen LogP contribution is 2.29. The second kappa shape index (κ2) is 7.85. The zero-order chi connectivity index (χ0) is 15.8. The Hall–Kier alpha value is -2.79. The molecule has 0 bridgehead atoms. The van der Waals surface area contributed by atoms with E-state index in [4.69, 9.17) is 15.3 Å². The van der Waals surface area contributed by atoms with Crippen molar-refractivity contribution in [2.45, 2.75) is 6.61 Å². The highest BCUT2D eigenvalue weighted by molar-refractivity contribution is 5.91. The van der Waals surface area contributed by atoms with Crippen molar-refractivity contribution in [3.63, 3.8) is 0 Å². The van der Waals surface area contributed by atoms with Gasteiger partial charge in [0.25, 0.3) is 5.91 Å². The first-order valence-electron chi connectivity index (χ1n) is 6.76. The van der Waals surface area contributed by atoms with Crippen molar-refractivity contribution < 1.29 is 14.3 Å². The summed E-state index contributed by atoms with van der Waals surface area (Å²) in [5.41, 5.74) is 3.92. The third-order valence-corrected chi connectivity index (χ3v) is 2.99. The molecule has 5 nitrogen and oxygen atoms in total. The maximum Gasteiger partial charge on any atom is 0.257 e. The van der Waals surface area contributed by atoms with Crippen molar-refractivity contribution in [3.8, 4) is 11.5 Å². The van der Waals surface area contributed by atoms with E-state index in [1.54, 1.807) is 19.3 Å². The smallest absolute Gasteiger partial charge is 0.257 e. The van der Waals surface area contributed by atoms with Gasteiger partial charge in [0.05, 0.1) is 7.11 Å². The van der Waals surface area contributed by atoms with E-state index in [0.717, 1.165) is 11.1 Å². The molecule has 3 N–H and O–H groups in total. The van der Waals surface area contributed by atoms with Crippen LogP contribution < -0.4 is 20.7 Å². The van der Waals surface area contributed by atoms with Crippen LogP contribution in [0, 0.1) is 0 Å². The second-order valence-corrected chi connectivity index (χ2v) is 4.53. The summed E-state index contributed by atoms with van der Waals surface area (Å²) in [5.74, 6) is 5.89. The molecule has 2 aromatic rings. The molecular weight excluding hydrogens is 280 g/mol. The van der Waals surface area contributed by atoms with Crippen molar-refractivity contribution in [1.82, 2.24) is 5.43 Å². The van der Waals surface area contributed by atoms with E-state index in [-0.39, 0.29) is 5.91 Å². The first kappa shape index (κ1) is 15.6. The standard InChI is InChI=1S/C17H18N2O3/c1-21-16-11-13(8-10-17(20)19-18)7-9-15(16)22-12-14-5-3-2-4-6-14/h2-11H,12,18H2,1H3,(H,19,20)/b10-8+. The molecule has 0 fully saturated rings. The summed E-state index contributed by atoms with van der Waals surface area (Å²) in [4.78, 5) is 11.1. The molecule has 2 aromatic carbocycles. The first-order chi connectivity index (χ1) is 10.7.